The van der Waals surface area contributed by atoms with Crippen LogP contribution in [0.25, 0.3) is 0 Å². The fourth-order valence-electron chi connectivity index (χ4n) is 0.657. The summed E-state index contributed by atoms with van der Waals surface area (Å²) in [6.07, 6.45) is -0.353. The zero-order valence-corrected chi connectivity index (χ0v) is 7.28. The quantitative estimate of drug-likeness (QED) is 0.384. The Bertz CT molecular complexity index is 198. The molecule has 0 saturated carbocycles. The van der Waals surface area contributed by atoms with Crippen LogP contribution in [-0.4, -0.2) is 12.6 Å². The molecular formula is C8H11F3O2. The Morgan fingerprint density at radius 2 is 1.85 bits per heavy atom. The fourth-order valence-corrected chi connectivity index (χ4v) is 0.657. The molecule has 13 heavy (non-hydrogen) atoms. The van der Waals surface area contributed by atoms with Crippen LogP contribution in [0.1, 0.15) is 26.2 Å². The van der Waals surface area contributed by atoms with E-state index in [-0.39, 0.29) is 6.61 Å². The number of carbonyl (C=O) groups excluding carboxylic acids is 1. The minimum atomic E-state index is -2.64. The second-order valence-corrected chi connectivity index (χ2v) is 2.42. The van der Waals surface area contributed by atoms with E-state index < -0.39 is 17.9 Å². The third-order valence-corrected chi connectivity index (χ3v) is 1.33. The van der Waals surface area contributed by atoms with Gasteiger partial charge < -0.3 is 4.74 Å². The summed E-state index contributed by atoms with van der Waals surface area (Å²) in [5.74, 6) is -3.69. The van der Waals surface area contributed by atoms with Crippen molar-refractivity contribution >= 4 is 5.97 Å². The molecule has 0 aromatic heterocycles. The van der Waals surface area contributed by atoms with Crippen LogP contribution in [0.15, 0.2) is 11.9 Å². The van der Waals surface area contributed by atoms with Gasteiger partial charge in [-0.05, 0) is 6.42 Å². The van der Waals surface area contributed by atoms with E-state index in [0.717, 1.165) is 12.8 Å². The normalized spacial score (nSPS) is 9.54. The molecule has 76 valence electrons. The summed E-state index contributed by atoms with van der Waals surface area (Å²) in [6.45, 7) is 1.91. The van der Waals surface area contributed by atoms with Gasteiger partial charge in [0.2, 0.25) is 0 Å². The van der Waals surface area contributed by atoms with Gasteiger partial charge in [-0.2, -0.15) is 13.2 Å². The van der Waals surface area contributed by atoms with Crippen LogP contribution in [-0.2, 0) is 9.53 Å². The topological polar surface area (TPSA) is 26.3 Å². The smallest absolute Gasteiger partial charge is 0.372 e. The molecule has 0 atom stereocenters. The minimum Gasteiger partial charge on any atom is -0.460 e. The van der Waals surface area contributed by atoms with Gasteiger partial charge in [-0.25, -0.2) is 4.79 Å². The maximum absolute atomic E-state index is 12.1. The molecule has 0 aromatic rings. The van der Waals surface area contributed by atoms with Gasteiger partial charge in [0.1, 0.15) is 0 Å². The second kappa shape index (κ2) is 6.51. The predicted molar refractivity (Wildman–Crippen MR) is 40.8 cm³/mol. The third-order valence-electron chi connectivity index (χ3n) is 1.33. The van der Waals surface area contributed by atoms with Crippen LogP contribution in [0.2, 0.25) is 0 Å². The summed E-state index contributed by atoms with van der Waals surface area (Å²) in [7, 11) is 0. The average molecular weight is 196 g/mol. The number of ether oxygens (including phenoxy) is 1. The lowest BCUT2D eigenvalue weighted by molar-refractivity contribution is -0.141. The van der Waals surface area contributed by atoms with E-state index in [1.807, 2.05) is 6.92 Å². The predicted octanol–water partition coefficient (Wildman–Crippen LogP) is 2.80. The maximum atomic E-state index is 12.1. The highest BCUT2D eigenvalue weighted by atomic mass is 19.3. The SMILES string of the molecule is CCCCCOC(=O)C(F)=C(F)F. The van der Waals surface area contributed by atoms with Crippen molar-refractivity contribution in [1.29, 1.82) is 0 Å². The summed E-state index contributed by atoms with van der Waals surface area (Å²) in [6, 6.07) is 0. The Balaban J connectivity index is 3.70. The van der Waals surface area contributed by atoms with Crippen molar-refractivity contribution < 1.29 is 22.7 Å². The van der Waals surface area contributed by atoms with Gasteiger partial charge >= 0.3 is 12.0 Å². The van der Waals surface area contributed by atoms with E-state index in [9.17, 15) is 18.0 Å². The fraction of sp³-hybridized carbons (Fsp3) is 0.625. The van der Waals surface area contributed by atoms with E-state index in [1.165, 1.54) is 0 Å². The van der Waals surface area contributed by atoms with Gasteiger partial charge in [-0.3, -0.25) is 0 Å². The number of esters is 1. The molecule has 0 rings (SSSR count). The molecule has 0 aliphatic heterocycles. The number of hydrogen-bond acceptors (Lipinski definition) is 2. The monoisotopic (exact) mass is 196 g/mol. The number of carbonyl (C=O) groups is 1. The largest absolute Gasteiger partial charge is 0.460 e. The molecule has 0 N–H and O–H groups in total. The van der Waals surface area contributed by atoms with Gasteiger partial charge in [-0.1, -0.05) is 19.8 Å². The first-order valence-electron chi connectivity index (χ1n) is 3.97. The Labute approximate surface area is 74.4 Å². The highest BCUT2D eigenvalue weighted by molar-refractivity contribution is 5.86. The number of rotatable bonds is 5. The van der Waals surface area contributed by atoms with Crippen molar-refractivity contribution in [2.24, 2.45) is 0 Å². The molecular weight excluding hydrogens is 185 g/mol. The first kappa shape index (κ1) is 12.0. The third kappa shape index (κ3) is 5.27. The Hall–Kier alpha value is -1.00. The van der Waals surface area contributed by atoms with Gasteiger partial charge in [0.05, 0.1) is 6.61 Å². The van der Waals surface area contributed by atoms with Crippen molar-refractivity contribution in [1.82, 2.24) is 0 Å². The van der Waals surface area contributed by atoms with Gasteiger partial charge in [-0.15, -0.1) is 0 Å². The van der Waals surface area contributed by atoms with Crippen LogP contribution < -0.4 is 0 Å². The molecule has 0 radical (unpaired) electrons. The van der Waals surface area contributed by atoms with Gasteiger partial charge in [0.25, 0.3) is 5.83 Å². The van der Waals surface area contributed by atoms with E-state index in [4.69, 9.17) is 0 Å². The summed E-state index contributed by atoms with van der Waals surface area (Å²) >= 11 is 0. The van der Waals surface area contributed by atoms with E-state index >= 15 is 0 Å². The maximum Gasteiger partial charge on any atom is 0.372 e. The molecule has 0 bridgehead atoms. The second-order valence-electron chi connectivity index (χ2n) is 2.42. The molecule has 0 aliphatic rings. The van der Waals surface area contributed by atoms with Gasteiger partial charge in [0.15, 0.2) is 0 Å². The number of hydrogen-bond donors (Lipinski definition) is 0. The average Bonchev–Trinajstić information content (AvgIpc) is 2.10. The Morgan fingerprint density at radius 1 is 1.23 bits per heavy atom. The molecule has 0 aromatic carbocycles. The lowest BCUT2D eigenvalue weighted by Crippen LogP contribution is -2.06. The number of halogens is 3. The zero-order chi connectivity index (χ0) is 10.3. The highest BCUT2D eigenvalue weighted by Gasteiger charge is 2.16. The molecule has 2 nitrogen and oxygen atoms in total. The number of unbranched alkanes of at least 4 members (excludes halogenated alkanes) is 2. The van der Waals surface area contributed by atoms with Crippen LogP contribution in [0.5, 0.6) is 0 Å². The summed E-state index contributed by atoms with van der Waals surface area (Å²) in [4.78, 5) is 10.4. The standard InChI is InChI=1S/C8H11F3O2/c1-2-3-4-5-13-8(12)6(9)7(10)11/h2-5H2,1H3. The summed E-state index contributed by atoms with van der Waals surface area (Å²) in [5, 5.41) is 0. The van der Waals surface area contributed by atoms with Crippen molar-refractivity contribution in [3.8, 4) is 0 Å². The first-order chi connectivity index (χ1) is 6.09. The molecule has 0 saturated heterocycles. The van der Waals surface area contributed by atoms with Crippen molar-refractivity contribution in [3.05, 3.63) is 11.9 Å². The lowest BCUT2D eigenvalue weighted by atomic mass is 10.3. The zero-order valence-electron chi connectivity index (χ0n) is 7.28. The highest BCUT2D eigenvalue weighted by Crippen LogP contribution is 2.10. The first-order valence-corrected chi connectivity index (χ1v) is 3.97. The van der Waals surface area contributed by atoms with Crippen LogP contribution in [0.4, 0.5) is 13.2 Å². The molecule has 0 aliphatic carbocycles. The summed E-state index contributed by atoms with van der Waals surface area (Å²) < 4.78 is 39.2. The molecule has 0 amide bonds. The van der Waals surface area contributed by atoms with Gasteiger partial charge in [0, 0.05) is 0 Å². The molecule has 0 fully saturated rings. The minimum absolute atomic E-state index is 0.0205. The van der Waals surface area contributed by atoms with Crippen molar-refractivity contribution in [3.63, 3.8) is 0 Å². The Kier molecular flexibility index (Phi) is 6.01. The molecule has 0 spiro atoms. The molecule has 5 heteroatoms. The van der Waals surface area contributed by atoms with Crippen LogP contribution in [0, 0.1) is 0 Å². The Morgan fingerprint density at radius 3 is 2.31 bits per heavy atom. The van der Waals surface area contributed by atoms with E-state index in [0.29, 0.717) is 6.42 Å². The van der Waals surface area contributed by atoms with E-state index in [1.54, 1.807) is 0 Å². The summed E-state index contributed by atoms with van der Waals surface area (Å²) in [5.41, 5.74) is 0. The van der Waals surface area contributed by atoms with Crippen molar-refractivity contribution in [2.75, 3.05) is 6.61 Å². The molecule has 0 heterocycles. The van der Waals surface area contributed by atoms with Crippen LogP contribution >= 0.6 is 0 Å². The lowest BCUT2D eigenvalue weighted by Gasteiger charge is -2.00. The van der Waals surface area contributed by atoms with Crippen LogP contribution in [0.3, 0.4) is 0 Å². The van der Waals surface area contributed by atoms with Crippen molar-refractivity contribution in [2.45, 2.75) is 26.2 Å². The molecule has 0 unspecified atom stereocenters. The van der Waals surface area contributed by atoms with E-state index in [2.05, 4.69) is 4.74 Å².